The maximum absolute atomic E-state index is 4.13. The van der Waals surface area contributed by atoms with Gasteiger partial charge >= 0.3 is 0 Å². The highest BCUT2D eigenvalue weighted by molar-refractivity contribution is 5.75. The molecular weight excluding hydrogens is 128 g/mol. The third kappa shape index (κ3) is 0.655. The molecule has 0 unspecified atom stereocenters. The van der Waals surface area contributed by atoms with Gasteiger partial charge in [0, 0.05) is 18.6 Å². The van der Waals surface area contributed by atoms with Gasteiger partial charge in [-0.05, 0) is 0 Å². The summed E-state index contributed by atoms with van der Waals surface area (Å²) in [4.78, 5) is 0. The van der Waals surface area contributed by atoms with E-state index in [1.807, 2.05) is 13.2 Å². The minimum atomic E-state index is 0.887. The van der Waals surface area contributed by atoms with Crippen LogP contribution in [0.2, 0.25) is 0 Å². The second-order valence-electron chi connectivity index (χ2n) is 2.13. The first-order chi connectivity index (χ1) is 4.86. The number of fused-ring (bicyclic) bond motifs is 1. The molecule has 2 aromatic rings. The predicted molar refractivity (Wildman–Crippen MR) is 36.3 cm³/mol. The molecule has 2 heterocycles. The highest BCUT2D eigenvalue weighted by Crippen LogP contribution is 2.05. The number of hydrogen-bond donors (Lipinski definition) is 0. The predicted octanol–water partition coefficient (Wildman–Crippen LogP) is 0.363. The van der Waals surface area contributed by atoms with Gasteiger partial charge in [-0.25, -0.2) is 0 Å². The molecule has 0 aliphatic rings. The van der Waals surface area contributed by atoms with Crippen LogP contribution in [0.25, 0.3) is 10.9 Å². The number of hydrogen-bond acceptors (Lipinski definition) is 3. The summed E-state index contributed by atoms with van der Waals surface area (Å²) in [5.74, 6) is 0. The first kappa shape index (κ1) is 5.34. The van der Waals surface area contributed by atoms with E-state index in [2.05, 4.69) is 15.3 Å². The summed E-state index contributed by atoms with van der Waals surface area (Å²) in [5.41, 5.74) is 0.887. The van der Waals surface area contributed by atoms with Gasteiger partial charge in [0.15, 0.2) is 0 Å². The molecule has 2 rings (SSSR count). The van der Waals surface area contributed by atoms with Crippen LogP contribution < -0.4 is 0 Å². The van der Waals surface area contributed by atoms with E-state index in [4.69, 9.17) is 0 Å². The Bertz CT molecular complexity index is 318. The summed E-state index contributed by atoms with van der Waals surface area (Å²) in [6.45, 7) is 0. The van der Waals surface area contributed by atoms with Crippen LogP contribution in [0.5, 0.6) is 0 Å². The Hall–Kier alpha value is -1.45. The number of nitrogens with zero attached hydrogens (tertiary/aromatic N) is 4. The molecule has 0 radical (unpaired) electrons. The standard InChI is InChI=1S/C6H6N4/c1-10-4-5-2-7-8-3-6(5)9-10/h2-4H,1H3. The van der Waals surface area contributed by atoms with Crippen molar-refractivity contribution < 1.29 is 0 Å². The molecule has 0 saturated heterocycles. The fraction of sp³-hybridized carbons (Fsp3) is 0.167. The fourth-order valence-electron chi connectivity index (χ4n) is 0.907. The lowest BCUT2D eigenvalue weighted by Gasteiger charge is -1.79. The molecule has 4 nitrogen and oxygen atoms in total. The lowest BCUT2D eigenvalue weighted by Crippen LogP contribution is -1.84. The van der Waals surface area contributed by atoms with Crippen molar-refractivity contribution in [3.63, 3.8) is 0 Å². The minimum absolute atomic E-state index is 0.887. The lowest BCUT2D eigenvalue weighted by molar-refractivity contribution is 0.779. The Morgan fingerprint density at radius 3 is 2.90 bits per heavy atom. The van der Waals surface area contributed by atoms with Crippen LogP contribution in [0.1, 0.15) is 0 Å². The molecule has 4 heteroatoms. The van der Waals surface area contributed by atoms with Crippen molar-refractivity contribution in [1.82, 2.24) is 20.0 Å². The Morgan fingerprint density at radius 2 is 2.10 bits per heavy atom. The summed E-state index contributed by atoms with van der Waals surface area (Å²) in [5, 5.41) is 12.6. The van der Waals surface area contributed by atoms with Gasteiger partial charge in [0.1, 0.15) is 5.52 Å². The quantitative estimate of drug-likeness (QED) is 0.522. The highest BCUT2D eigenvalue weighted by Gasteiger charge is 1.94. The number of rotatable bonds is 0. The second-order valence-corrected chi connectivity index (χ2v) is 2.13. The third-order valence-corrected chi connectivity index (χ3v) is 1.33. The van der Waals surface area contributed by atoms with Crippen molar-refractivity contribution in [2.75, 3.05) is 0 Å². The van der Waals surface area contributed by atoms with Crippen LogP contribution >= 0.6 is 0 Å². The molecule has 0 atom stereocenters. The van der Waals surface area contributed by atoms with Crippen molar-refractivity contribution in [2.45, 2.75) is 0 Å². The van der Waals surface area contributed by atoms with Crippen LogP contribution in [0.4, 0.5) is 0 Å². The van der Waals surface area contributed by atoms with E-state index in [1.54, 1.807) is 17.1 Å². The number of aromatic nitrogens is 4. The van der Waals surface area contributed by atoms with Gasteiger partial charge in [0.2, 0.25) is 0 Å². The van der Waals surface area contributed by atoms with Crippen LogP contribution in [0, 0.1) is 0 Å². The normalized spacial score (nSPS) is 10.5. The van der Waals surface area contributed by atoms with Crippen molar-refractivity contribution in [3.05, 3.63) is 18.6 Å². The first-order valence-electron chi connectivity index (χ1n) is 2.96. The van der Waals surface area contributed by atoms with Crippen molar-refractivity contribution in [2.24, 2.45) is 7.05 Å². The monoisotopic (exact) mass is 134 g/mol. The molecule has 0 bridgehead atoms. The van der Waals surface area contributed by atoms with Gasteiger partial charge in [0.05, 0.1) is 12.4 Å². The molecule has 2 aromatic heterocycles. The topological polar surface area (TPSA) is 43.6 Å². The molecule has 0 N–H and O–H groups in total. The lowest BCUT2D eigenvalue weighted by atomic mass is 10.4. The average Bonchev–Trinajstić information content (AvgIpc) is 2.27. The Labute approximate surface area is 57.5 Å². The van der Waals surface area contributed by atoms with E-state index < -0.39 is 0 Å². The summed E-state index contributed by atoms with van der Waals surface area (Å²) in [6.07, 6.45) is 5.25. The van der Waals surface area contributed by atoms with Gasteiger partial charge in [-0.1, -0.05) is 0 Å². The largest absolute Gasteiger partial charge is 0.274 e. The van der Waals surface area contributed by atoms with Crippen molar-refractivity contribution >= 4 is 10.9 Å². The van der Waals surface area contributed by atoms with Crippen LogP contribution in [-0.4, -0.2) is 20.0 Å². The van der Waals surface area contributed by atoms with E-state index in [0.717, 1.165) is 10.9 Å². The molecule has 10 heavy (non-hydrogen) atoms. The van der Waals surface area contributed by atoms with Crippen LogP contribution in [0.15, 0.2) is 18.6 Å². The maximum Gasteiger partial charge on any atom is 0.114 e. The van der Waals surface area contributed by atoms with E-state index in [1.165, 1.54) is 0 Å². The number of aryl methyl sites for hydroxylation is 1. The molecule has 50 valence electrons. The molecule has 0 fully saturated rings. The first-order valence-corrected chi connectivity index (χ1v) is 2.96. The third-order valence-electron chi connectivity index (χ3n) is 1.33. The Balaban J connectivity index is 2.88. The smallest absolute Gasteiger partial charge is 0.114 e. The maximum atomic E-state index is 4.13. The molecule has 0 amide bonds. The van der Waals surface area contributed by atoms with Crippen LogP contribution in [-0.2, 0) is 7.05 Å². The summed E-state index contributed by atoms with van der Waals surface area (Å²) < 4.78 is 1.74. The Kier molecular flexibility index (Phi) is 0.943. The van der Waals surface area contributed by atoms with Crippen LogP contribution in [0.3, 0.4) is 0 Å². The molecule has 0 aromatic carbocycles. The Morgan fingerprint density at radius 1 is 1.30 bits per heavy atom. The molecular formula is C6H6N4. The van der Waals surface area contributed by atoms with E-state index >= 15 is 0 Å². The summed E-state index contributed by atoms with van der Waals surface area (Å²) in [7, 11) is 1.88. The zero-order valence-electron chi connectivity index (χ0n) is 5.52. The highest BCUT2D eigenvalue weighted by atomic mass is 15.3. The van der Waals surface area contributed by atoms with E-state index in [-0.39, 0.29) is 0 Å². The average molecular weight is 134 g/mol. The zero-order chi connectivity index (χ0) is 6.97. The SMILES string of the molecule is Cn1cc2cnncc2n1. The molecule has 0 saturated carbocycles. The van der Waals surface area contributed by atoms with E-state index in [9.17, 15) is 0 Å². The van der Waals surface area contributed by atoms with Crippen molar-refractivity contribution in [1.29, 1.82) is 0 Å². The van der Waals surface area contributed by atoms with Crippen molar-refractivity contribution in [3.8, 4) is 0 Å². The molecule has 0 spiro atoms. The fourth-order valence-corrected chi connectivity index (χ4v) is 0.907. The van der Waals surface area contributed by atoms with Gasteiger partial charge in [0.25, 0.3) is 0 Å². The molecule has 0 aliphatic heterocycles. The molecule has 0 aliphatic carbocycles. The second kappa shape index (κ2) is 1.76. The minimum Gasteiger partial charge on any atom is -0.274 e. The van der Waals surface area contributed by atoms with Gasteiger partial charge in [-0.3, -0.25) is 4.68 Å². The summed E-state index contributed by atoms with van der Waals surface area (Å²) in [6, 6.07) is 0. The zero-order valence-corrected chi connectivity index (χ0v) is 5.52. The van der Waals surface area contributed by atoms with E-state index in [0.29, 0.717) is 0 Å². The van der Waals surface area contributed by atoms with Gasteiger partial charge < -0.3 is 0 Å². The van der Waals surface area contributed by atoms with Gasteiger partial charge in [-0.2, -0.15) is 15.3 Å². The summed E-state index contributed by atoms with van der Waals surface area (Å²) >= 11 is 0. The van der Waals surface area contributed by atoms with Gasteiger partial charge in [-0.15, -0.1) is 0 Å².